The van der Waals surface area contributed by atoms with Crippen LogP contribution in [-0.2, 0) is 6.61 Å². The lowest BCUT2D eigenvalue weighted by Crippen LogP contribution is -1.96. The Morgan fingerprint density at radius 1 is 1.39 bits per heavy atom. The molecule has 2 aromatic rings. The highest BCUT2D eigenvalue weighted by atomic mass is 79.9. The number of rotatable bonds is 4. The minimum absolute atomic E-state index is 0.0376. The maximum absolute atomic E-state index is 10.8. The first-order valence-corrected chi connectivity index (χ1v) is 6.06. The average molecular weight is 311 g/mol. The number of ether oxygens (including phenoxy) is 1. The second-order valence-electron chi connectivity index (χ2n) is 3.77. The number of aromatic carboxylic acids is 1. The van der Waals surface area contributed by atoms with Gasteiger partial charge >= 0.3 is 5.97 Å². The topological polar surface area (TPSA) is 59.7 Å². The van der Waals surface area contributed by atoms with Gasteiger partial charge in [0.1, 0.15) is 18.1 Å². The second-order valence-corrected chi connectivity index (χ2v) is 4.69. The molecule has 0 saturated carbocycles. The van der Waals surface area contributed by atoms with Crippen molar-refractivity contribution in [3.8, 4) is 5.75 Å². The number of furan rings is 1. The summed E-state index contributed by atoms with van der Waals surface area (Å²) in [6.07, 6.45) is 0. The number of carboxylic acids is 1. The average Bonchev–Trinajstić information content (AvgIpc) is 2.70. The van der Waals surface area contributed by atoms with E-state index in [1.54, 1.807) is 13.0 Å². The van der Waals surface area contributed by atoms with Gasteiger partial charge in [-0.1, -0.05) is 15.9 Å². The Bertz CT molecular complexity index is 557. The second kappa shape index (κ2) is 5.27. The molecule has 1 aromatic carbocycles. The molecule has 0 aliphatic rings. The first-order valence-electron chi connectivity index (χ1n) is 5.27. The molecule has 0 atom stereocenters. The van der Waals surface area contributed by atoms with Crippen molar-refractivity contribution < 1.29 is 19.1 Å². The van der Waals surface area contributed by atoms with Gasteiger partial charge in [0.15, 0.2) is 0 Å². The van der Waals surface area contributed by atoms with Crippen LogP contribution in [0.15, 0.2) is 39.2 Å². The standard InChI is InChI=1S/C13H11BrO4/c1-8-6-11(18-12(8)13(15)16)7-17-10-4-2-9(14)3-5-10/h2-6H,7H2,1H3,(H,15,16). The molecule has 0 aliphatic heterocycles. The van der Waals surface area contributed by atoms with E-state index in [1.807, 2.05) is 24.3 Å². The van der Waals surface area contributed by atoms with E-state index in [0.29, 0.717) is 17.1 Å². The van der Waals surface area contributed by atoms with Crippen LogP contribution >= 0.6 is 15.9 Å². The smallest absolute Gasteiger partial charge is 0.372 e. The maximum atomic E-state index is 10.8. The van der Waals surface area contributed by atoms with Gasteiger partial charge < -0.3 is 14.3 Å². The summed E-state index contributed by atoms with van der Waals surface area (Å²) in [6, 6.07) is 9.04. The van der Waals surface area contributed by atoms with E-state index < -0.39 is 5.97 Å². The van der Waals surface area contributed by atoms with Crippen LogP contribution in [0.25, 0.3) is 0 Å². The molecule has 0 unspecified atom stereocenters. The van der Waals surface area contributed by atoms with Gasteiger partial charge in [-0.25, -0.2) is 4.79 Å². The molecule has 94 valence electrons. The van der Waals surface area contributed by atoms with Crippen LogP contribution in [0.2, 0.25) is 0 Å². The minimum Gasteiger partial charge on any atom is -0.486 e. The van der Waals surface area contributed by atoms with Gasteiger partial charge in [0.25, 0.3) is 0 Å². The fraction of sp³-hybridized carbons (Fsp3) is 0.154. The summed E-state index contributed by atoms with van der Waals surface area (Å²) in [7, 11) is 0. The van der Waals surface area contributed by atoms with Crippen molar-refractivity contribution in [2.45, 2.75) is 13.5 Å². The van der Waals surface area contributed by atoms with E-state index in [4.69, 9.17) is 14.3 Å². The third-order valence-corrected chi connectivity index (χ3v) is 2.89. The third kappa shape index (κ3) is 2.92. The highest BCUT2D eigenvalue weighted by Crippen LogP contribution is 2.19. The van der Waals surface area contributed by atoms with Gasteiger partial charge in [-0.15, -0.1) is 0 Å². The highest BCUT2D eigenvalue weighted by Gasteiger charge is 2.14. The van der Waals surface area contributed by atoms with Crippen LogP contribution in [0.4, 0.5) is 0 Å². The molecular formula is C13H11BrO4. The molecule has 0 radical (unpaired) electrons. The zero-order chi connectivity index (χ0) is 13.1. The van der Waals surface area contributed by atoms with E-state index in [0.717, 1.165) is 4.47 Å². The normalized spacial score (nSPS) is 10.3. The molecule has 2 rings (SSSR count). The zero-order valence-corrected chi connectivity index (χ0v) is 11.2. The van der Waals surface area contributed by atoms with Crippen LogP contribution in [0.1, 0.15) is 21.9 Å². The summed E-state index contributed by atoms with van der Waals surface area (Å²) in [5.74, 6) is 0.0868. The number of hydrogen-bond acceptors (Lipinski definition) is 3. The number of hydrogen-bond donors (Lipinski definition) is 1. The Labute approximate surface area is 112 Å². The van der Waals surface area contributed by atoms with Crippen molar-refractivity contribution in [3.05, 3.63) is 51.9 Å². The third-order valence-electron chi connectivity index (χ3n) is 2.36. The number of carboxylic acid groups (broad SMARTS) is 1. The molecule has 1 aromatic heterocycles. The van der Waals surface area contributed by atoms with Gasteiger partial charge in [-0.3, -0.25) is 0 Å². The molecule has 0 aliphatic carbocycles. The number of aryl methyl sites for hydroxylation is 1. The Morgan fingerprint density at radius 3 is 2.61 bits per heavy atom. The lowest BCUT2D eigenvalue weighted by Gasteiger charge is -2.03. The molecule has 18 heavy (non-hydrogen) atoms. The lowest BCUT2D eigenvalue weighted by molar-refractivity contribution is 0.0657. The van der Waals surface area contributed by atoms with E-state index >= 15 is 0 Å². The quantitative estimate of drug-likeness (QED) is 0.936. The van der Waals surface area contributed by atoms with Gasteiger partial charge in [0, 0.05) is 10.0 Å². The monoisotopic (exact) mass is 310 g/mol. The van der Waals surface area contributed by atoms with E-state index in [9.17, 15) is 4.79 Å². The minimum atomic E-state index is -1.07. The molecule has 1 heterocycles. The van der Waals surface area contributed by atoms with Crippen molar-refractivity contribution in [1.29, 1.82) is 0 Å². The summed E-state index contributed by atoms with van der Waals surface area (Å²) >= 11 is 3.33. The lowest BCUT2D eigenvalue weighted by atomic mass is 10.3. The van der Waals surface area contributed by atoms with Crippen molar-refractivity contribution in [1.82, 2.24) is 0 Å². The van der Waals surface area contributed by atoms with Crippen molar-refractivity contribution >= 4 is 21.9 Å². The maximum Gasteiger partial charge on any atom is 0.372 e. The number of halogens is 1. The summed E-state index contributed by atoms with van der Waals surface area (Å²) in [5, 5.41) is 8.85. The predicted octanol–water partition coefficient (Wildman–Crippen LogP) is 3.63. The Kier molecular flexibility index (Phi) is 3.72. The van der Waals surface area contributed by atoms with Gasteiger partial charge in [-0.05, 0) is 37.3 Å². The summed E-state index contributed by atoms with van der Waals surface area (Å²) < 4.78 is 11.6. The van der Waals surface area contributed by atoms with Crippen molar-refractivity contribution in [2.24, 2.45) is 0 Å². The number of benzene rings is 1. The Balaban J connectivity index is 2.04. The molecule has 5 heteroatoms. The van der Waals surface area contributed by atoms with E-state index in [2.05, 4.69) is 15.9 Å². The Morgan fingerprint density at radius 2 is 2.06 bits per heavy atom. The van der Waals surface area contributed by atoms with Gasteiger partial charge in [-0.2, -0.15) is 0 Å². The molecule has 4 nitrogen and oxygen atoms in total. The highest BCUT2D eigenvalue weighted by molar-refractivity contribution is 9.10. The van der Waals surface area contributed by atoms with Gasteiger partial charge in [0.05, 0.1) is 0 Å². The largest absolute Gasteiger partial charge is 0.486 e. The van der Waals surface area contributed by atoms with Crippen LogP contribution in [0, 0.1) is 6.92 Å². The first-order chi connectivity index (χ1) is 8.56. The first kappa shape index (κ1) is 12.7. The van der Waals surface area contributed by atoms with Crippen molar-refractivity contribution in [2.75, 3.05) is 0 Å². The molecular weight excluding hydrogens is 300 g/mol. The van der Waals surface area contributed by atoms with Crippen LogP contribution in [0.3, 0.4) is 0 Å². The van der Waals surface area contributed by atoms with Crippen LogP contribution in [0.5, 0.6) is 5.75 Å². The molecule has 0 spiro atoms. The molecule has 0 fully saturated rings. The zero-order valence-electron chi connectivity index (χ0n) is 9.64. The van der Waals surface area contributed by atoms with Crippen molar-refractivity contribution in [3.63, 3.8) is 0 Å². The van der Waals surface area contributed by atoms with Gasteiger partial charge in [0.2, 0.25) is 5.76 Å². The summed E-state index contributed by atoms with van der Waals surface area (Å²) in [5.41, 5.74) is 0.594. The fourth-order valence-electron chi connectivity index (χ4n) is 1.52. The Hall–Kier alpha value is -1.75. The van der Waals surface area contributed by atoms with E-state index in [-0.39, 0.29) is 12.4 Å². The summed E-state index contributed by atoms with van der Waals surface area (Å²) in [4.78, 5) is 10.8. The molecule has 0 saturated heterocycles. The molecule has 0 amide bonds. The van der Waals surface area contributed by atoms with Crippen LogP contribution in [-0.4, -0.2) is 11.1 Å². The van der Waals surface area contributed by atoms with Crippen LogP contribution < -0.4 is 4.74 Å². The summed E-state index contributed by atoms with van der Waals surface area (Å²) in [6.45, 7) is 1.89. The van der Waals surface area contributed by atoms with E-state index in [1.165, 1.54) is 0 Å². The number of carbonyl (C=O) groups is 1. The SMILES string of the molecule is Cc1cc(COc2ccc(Br)cc2)oc1C(=O)O. The molecule has 1 N–H and O–H groups in total. The fourth-order valence-corrected chi connectivity index (χ4v) is 1.78. The molecule has 0 bridgehead atoms. The predicted molar refractivity (Wildman–Crippen MR) is 68.9 cm³/mol.